The van der Waals surface area contributed by atoms with Gasteiger partial charge in [0, 0.05) is 111 Å². The summed E-state index contributed by atoms with van der Waals surface area (Å²) in [6.45, 7) is 16.2. The molecule has 0 spiro atoms. The lowest BCUT2D eigenvalue weighted by molar-refractivity contribution is 0.393. The standard InChI is InChI=1S/C109H133N5S6/c1-8-12-16-20-24-28-32-36-40-50-74-108(75-51-41-37-33-29-25-21-17-13-9-2)90-78-82(7)116-106(90)96-88(69-65-83-61-58-80(5)59-62-83)101-97(89(100(96)108)70-66-84-63-67-87(68-64-84)114(85-54-46-44-47-55-85)86-56-48-45-49-57-86)107-91(109(101,76-52-42-38-34-30-26-22-18-14-10-3)77-53-43-39-35-31-27-23-19-15-11-4)79-95(118-107)92-72-73-94(117-92)99-104-102(110-119-112-104)98(93-71-60-81(6)115-93)103-105(99)113-120-111-103/h44-49,54-64,67-68,71-73,78-79H,8-43,50-53,74-77H2,1-7H3. The van der Waals surface area contributed by atoms with Gasteiger partial charge >= 0.3 is 0 Å². The monoisotopic (exact) mass is 1700 g/mol. The van der Waals surface area contributed by atoms with Gasteiger partial charge < -0.3 is 4.90 Å². The number of unbranched alkanes of at least 4 members (excludes halogenated alkanes) is 36. The van der Waals surface area contributed by atoms with Crippen LogP contribution in [0.4, 0.5) is 28.4 Å². The molecule has 0 saturated heterocycles. The van der Waals surface area contributed by atoms with Gasteiger partial charge in [0.05, 0.1) is 23.1 Å². The maximum Gasteiger partial charge on any atom is 0.116 e. The topological polar surface area (TPSA) is 53.7 Å². The van der Waals surface area contributed by atoms with Gasteiger partial charge in [-0.25, -0.2) is 0 Å². The molecule has 11 heteroatoms. The number of hydrogen-bond acceptors (Lipinski definition) is 10. The number of anilines is 3. The first kappa shape index (κ1) is 89.0. The van der Waals surface area contributed by atoms with E-state index in [-0.39, 0.29) is 10.8 Å². The first-order valence-electron chi connectivity index (χ1n) is 47.4. The van der Waals surface area contributed by atoms with Crippen molar-refractivity contribution in [1.29, 1.82) is 0 Å². The zero-order valence-corrected chi connectivity index (χ0v) is 78.6. The Morgan fingerprint density at radius 1 is 0.308 bits per heavy atom. The molecule has 0 bridgehead atoms. The Kier molecular flexibility index (Phi) is 33.6. The van der Waals surface area contributed by atoms with Crippen molar-refractivity contribution in [2.24, 2.45) is 8.73 Å². The number of para-hydroxylation sites is 2. The van der Waals surface area contributed by atoms with E-state index in [9.17, 15) is 0 Å². The van der Waals surface area contributed by atoms with Gasteiger partial charge in [0.25, 0.3) is 0 Å². The van der Waals surface area contributed by atoms with Gasteiger partial charge in [0.2, 0.25) is 0 Å². The lowest BCUT2D eigenvalue weighted by Gasteiger charge is -2.36. The molecular weight excluding hydrogens is 1570 g/mol. The van der Waals surface area contributed by atoms with Gasteiger partial charge in [-0.2, -0.15) is 17.5 Å². The molecule has 0 radical (unpaired) electrons. The Morgan fingerprint density at radius 3 is 1.07 bits per heavy atom. The lowest BCUT2D eigenvalue weighted by Crippen LogP contribution is -2.29. The van der Waals surface area contributed by atoms with Gasteiger partial charge in [-0.1, -0.05) is 362 Å². The average Bonchev–Trinajstić information content (AvgIpc) is 1.50. The molecule has 5 nitrogen and oxygen atoms in total. The van der Waals surface area contributed by atoms with Crippen LogP contribution in [-0.4, -0.2) is 8.75 Å². The van der Waals surface area contributed by atoms with Gasteiger partial charge in [0.1, 0.15) is 22.4 Å². The van der Waals surface area contributed by atoms with Crippen LogP contribution in [0.25, 0.3) is 62.6 Å². The smallest absolute Gasteiger partial charge is 0.116 e. The molecule has 6 aromatic carbocycles. The zero-order chi connectivity index (χ0) is 82.7. The Balaban J connectivity index is 0.992. The highest BCUT2D eigenvalue weighted by Crippen LogP contribution is 2.68. The quantitative estimate of drug-likeness (QED) is 0.0282. The number of thiophene rings is 4. The summed E-state index contributed by atoms with van der Waals surface area (Å²) < 4.78 is 20.5. The van der Waals surface area contributed by atoms with E-state index in [0.29, 0.717) is 0 Å². The predicted octanol–water partition coefficient (Wildman–Crippen LogP) is 36.6. The van der Waals surface area contributed by atoms with Crippen LogP contribution in [0.1, 0.15) is 370 Å². The van der Waals surface area contributed by atoms with Crippen LogP contribution in [0.3, 0.4) is 0 Å². The van der Waals surface area contributed by atoms with Crippen LogP contribution in [0.15, 0.2) is 154 Å². The molecule has 5 aromatic heterocycles. The van der Waals surface area contributed by atoms with Crippen molar-refractivity contribution < 1.29 is 0 Å². The Bertz CT molecular complexity index is 5200. The van der Waals surface area contributed by atoms with Crippen molar-refractivity contribution in [3.63, 3.8) is 0 Å². The largest absolute Gasteiger partial charge is 0.311 e. The van der Waals surface area contributed by atoms with Crippen molar-refractivity contribution in [3.05, 3.63) is 205 Å². The summed E-state index contributed by atoms with van der Waals surface area (Å²) in [6, 6.07) is 54.8. The highest BCUT2D eigenvalue weighted by molar-refractivity contribution is 7.58. The number of aryl methyl sites for hydroxylation is 3. The molecule has 0 saturated carbocycles. The third-order valence-electron chi connectivity index (χ3n) is 26.2. The molecule has 14 rings (SSSR count). The first-order chi connectivity index (χ1) is 59.2. The number of fused-ring (bicyclic) bond motifs is 8. The van der Waals surface area contributed by atoms with E-state index in [1.54, 1.807) is 16.9 Å². The second kappa shape index (κ2) is 45.4. The molecular formula is C109H133N5S6. The molecule has 630 valence electrons. The molecule has 2 aliphatic carbocycles. The Hall–Kier alpha value is -7.32. The molecule has 1 aliphatic heterocycles. The summed E-state index contributed by atoms with van der Waals surface area (Å²) in [5, 5.41) is 0. The molecule has 120 heavy (non-hydrogen) atoms. The molecule has 0 amide bonds. The minimum absolute atomic E-state index is 0.268. The fourth-order valence-electron chi connectivity index (χ4n) is 19.8. The SMILES string of the molecule is CCCCCCCCCCCCC1(CCCCCCCCCCCC)c2cc(C)sc2-c2c(C#Cc3ccc(C)cc3)c3c(c(C#Cc4ccc(N(c5ccccc5)c5ccccc5)cc4)c21)-c1sc(-c2ccc(-c4c5c(c(-c6ccc(C)s6)c6nsnc46)N=S=N5)s2)cc1C3(CCCCCCCCCCCC)CCCCCCCCCCCC. The maximum atomic E-state index is 5.16. The van der Waals surface area contributed by atoms with Crippen LogP contribution >= 0.6 is 57.1 Å². The fraction of sp³-hybridized carbons (Fsp3) is 0.486. The second-order valence-electron chi connectivity index (χ2n) is 35.3. The van der Waals surface area contributed by atoms with E-state index in [1.165, 1.54) is 359 Å². The summed E-state index contributed by atoms with van der Waals surface area (Å²) in [5.74, 6) is 17.1. The van der Waals surface area contributed by atoms with E-state index in [0.717, 1.165) is 92.3 Å². The molecule has 11 aromatic rings. The van der Waals surface area contributed by atoms with Crippen molar-refractivity contribution in [1.82, 2.24) is 8.75 Å². The van der Waals surface area contributed by atoms with E-state index in [4.69, 9.17) is 17.5 Å². The number of nitrogens with zero attached hydrogens (tertiary/aromatic N) is 5. The molecule has 0 fully saturated rings. The minimum atomic E-state index is -0.333. The van der Waals surface area contributed by atoms with Crippen LogP contribution < -0.4 is 4.90 Å². The summed E-state index contributed by atoms with van der Waals surface area (Å²) in [4.78, 5) is 12.9. The summed E-state index contributed by atoms with van der Waals surface area (Å²) >= 11 is 10.4. The summed E-state index contributed by atoms with van der Waals surface area (Å²) in [5.41, 5.74) is 23.5. The van der Waals surface area contributed by atoms with Crippen LogP contribution in [0.2, 0.25) is 0 Å². The highest BCUT2D eigenvalue weighted by Gasteiger charge is 2.54. The van der Waals surface area contributed by atoms with E-state index < -0.39 is 0 Å². The third-order valence-corrected chi connectivity index (χ3v) is 31.8. The predicted molar refractivity (Wildman–Crippen MR) is 529 cm³/mol. The number of rotatable bonds is 50. The highest BCUT2D eigenvalue weighted by atomic mass is 32.1. The molecule has 0 unspecified atom stereocenters. The van der Waals surface area contributed by atoms with Crippen molar-refractivity contribution in [3.8, 4) is 75.2 Å². The molecule has 6 heterocycles. The first-order valence-corrected chi connectivity index (χ1v) is 52.1. The fourth-order valence-corrected chi connectivity index (χ4v) is 25.5. The van der Waals surface area contributed by atoms with E-state index in [1.807, 2.05) is 11.3 Å². The van der Waals surface area contributed by atoms with Gasteiger partial charge in [0.15, 0.2) is 0 Å². The molecule has 0 N–H and O–H groups in total. The Labute approximate surface area is 746 Å². The zero-order valence-electron chi connectivity index (χ0n) is 73.7. The van der Waals surface area contributed by atoms with Crippen LogP contribution in [0, 0.1) is 44.5 Å². The van der Waals surface area contributed by atoms with Crippen molar-refractivity contribution in [2.45, 2.75) is 342 Å². The van der Waals surface area contributed by atoms with Gasteiger partial charge in [-0.15, -0.1) is 45.3 Å². The van der Waals surface area contributed by atoms with Crippen molar-refractivity contribution in [2.75, 3.05) is 4.90 Å². The number of hydrogen-bond donors (Lipinski definition) is 0. The minimum Gasteiger partial charge on any atom is -0.311 e. The van der Waals surface area contributed by atoms with Crippen LogP contribution in [0.5, 0.6) is 0 Å². The number of benzene rings is 6. The number of aromatic nitrogens is 2. The average molecular weight is 1710 g/mol. The van der Waals surface area contributed by atoms with Crippen LogP contribution in [-0.2, 0) is 22.2 Å². The summed E-state index contributed by atoms with van der Waals surface area (Å²) in [7, 11) is 0. The van der Waals surface area contributed by atoms with Gasteiger partial charge in [-0.05, 0) is 166 Å². The second-order valence-corrected chi connectivity index (χ2v) is 41.0. The normalized spacial score (nSPS) is 13.1. The molecule has 0 atom stereocenters. The third kappa shape index (κ3) is 21.5. The lowest BCUT2D eigenvalue weighted by atomic mass is 9.65. The summed E-state index contributed by atoms with van der Waals surface area (Å²) in [6.07, 6.45) is 56.8. The maximum absolute atomic E-state index is 5.16. The van der Waals surface area contributed by atoms with Crippen molar-refractivity contribution >= 4 is 108 Å². The molecule has 3 aliphatic rings. The Morgan fingerprint density at radius 2 is 0.667 bits per heavy atom. The van der Waals surface area contributed by atoms with E-state index >= 15 is 0 Å². The van der Waals surface area contributed by atoms with Gasteiger partial charge in [-0.3, -0.25) is 0 Å². The van der Waals surface area contributed by atoms with E-state index in [2.05, 4.69) is 245 Å².